The molecule has 0 heterocycles. The van der Waals surface area contributed by atoms with Gasteiger partial charge in [0.25, 0.3) is 0 Å². The number of likely N-dealkylation sites (N-methyl/N-ethyl adjacent to an activating group) is 1. The molecule has 0 saturated carbocycles. The molecule has 0 aliphatic carbocycles. The minimum absolute atomic E-state index is 0.0488. The van der Waals surface area contributed by atoms with Crippen LogP contribution in [0.4, 0.5) is 0 Å². The first-order chi connectivity index (χ1) is 16.8. The van der Waals surface area contributed by atoms with Gasteiger partial charge in [-0.25, -0.2) is 0 Å². The van der Waals surface area contributed by atoms with Crippen LogP contribution < -0.4 is 18.9 Å². The van der Waals surface area contributed by atoms with Crippen molar-refractivity contribution in [3.63, 3.8) is 0 Å². The fourth-order valence-electron chi connectivity index (χ4n) is 4.49. The highest BCUT2D eigenvalue weighted by atomic mass is 16.5. The number of methoxy groups -OCH3 is 4. The van der Waals surface area contributed by atoms with Gasteiger partial charge in [-0.15, -0.1) is 0 Å². The Kier molecular flexibility index (Phi) is 11.2. The smallest absolute Gasteiger partial charge is 0.164 e. The molecule has 0 aliphatic rings. The largest absolute Gasteiger partial charge is 0.493 e. The van der Waals surface area contributed by atoms with Crippen molar-refractivity contribution < 1.29 is 24.1 Å². The van der Waals surface area contributed by atoms with Crippen LogP contribution in [0.3, 0.4) is 0 Å². The third kappa shape index (κ3) is 7.03. The quantitative estimate of drug-likeness (QED) is 0.408. The molecule has 1 N–H and O–H groups in total. The number of aliphatic hydroxyl groups is 1. The van der Waals surface area contributed by atoms with Crippen LogP contribution in [0.2, 0.25) is 0 Å². The number of benzene rings is 2. The first-order valence-electron chi connectivity index (χ1n) is 12.0. The monoisotopic (exact) mass is 484 g/mol. The van der Waals surface area contributed by atoms with E-state index in [-0.39, 0.29) is 18.4 Å². The standard InChI is InChI=1S/C28H40N2O5/c1-19(2)27-23(10-11-24(32-4)28(27)35-7)21(17-29)9-8-13-30(3)14-12-20-15-25(33-5)26(34-6)16-22(20)18-31/h10-11,15-16,19,21,31H,8-9,12-14,18H2,1-7H3. The lowest BCUT2D eigenvalue weighted by Gasteiger charge is -2.23. The Morgan fingerprint density at radius 3 is 2.06 bits per heavy atom. The van der Waals surface area contributed by atoms with E-state index >= 15 is 0 Å². The summed E-state index contributed by atoms with van der Waals surface area (Å²) in [6, 6.07) is 10.2. The number of rotatable bonds is 14. The van der Waals surface area contributed by atoms with Crippen molar-refractivity contribution >= 4 is 0 Å². The van der Waals surface area contributed by atoms with Crippen molar-refractivity contribution in [3.05, 3.63) is 46.5 Å². The van der Waals surface area contributed by atoms with E-state index < -0.39 is 0 Å². The first kappa shape index (κ1) is 28.3. The summed E-state index contributed by atoms with van der Waals surface area (Å²) >= 11 is 0. The molecule has 2 rings (SSSR count). The van der Waals surface area contributed by atoms with Gasteiger partial charge in [0.1, 0.15) is 0 Å². The van der Waals surface area contributed by atoms with E-state index in [0.29, 0.717) is 23.0 Å². The molecule has 0 aromatic heterocycles. The van der Waals surface area contributed by atoms with Crippen LogP contribution >= 0.6 is 0 Å². The van der Waals surface area contributed by atoms with Gasteiger partial charge in [0.05, 0.1) is 47.0 Å². The van der Waals surface area contributed by atoms with E-state index in [9.17, 15) is 10.4 Å². The SMILES string of the molecule is COc1cc(CO)c(CCN(C)CCCC(C#N)c2ccc(OC)c(OC)c2C(C)C)cc1OC. The van der Waals surface area contributed by atoms with E-state index in [0.717, 1.165) is 54.6 Å². The second kappa shape index (κ2) is 13.8. The maximum absolute atomic E-state index is 9.96. The Morgan fingerprint density at radius 2 is 1.54 bits per heavy atom. The highest BCUT2D eigenvalue weighted by Gasteiger charge is 2.23. The van der Waals surface area contributed by atoms with Gasteiger partial charge < -0.3 is 29.0 Å². The van der Waals surface area contributed by atoms with Crippen LogP contribution in [0.15, 0.2) is 24.3 Å². The van der Waals surface area contributed by atoms with Crippen LogP contribution in [0.1, 0.15) is 60.8 Å². The number of nitrogens with zero attached hydrogens (tertiary/aromatic N) is 2. The predicted octanol–water partition coefficient (Wildman–Crippen LogP) is 4.90. The Bertz CT molecular complexity index is 1000. The van der Waals surface area contributed by atoms with E-state index in [1.807, 2.05) is 24.3 Å². The van der Waals surface area contributed by atoms with Crippen molar-refractivity contribution in [2.24, 2.45) is 0 Å². The molecule has 35 heavy (non-hydrogen) atoms. The predicted molar refractivity (Wildman–Crippen MR) is 138 cm³/mol. The number of hydrogen-bond donors (Lipinski definition) is 1. The number of ether oxygens (including phenoxy) is 4. The molecule has 0 aliphatic heterocycles. The normalized spacial score (nSPS) is 11.9. The molecular formula is C28H40N2O5. The summed E-state index contributed by atoms with van der Waals surface area (Å²) in [6.45, 7) is 5.86. The topological polar surface area (TPSA) is 84.2 Å². The van der Waals surface area contributed by atoms with Crippen LogP contribution in [0.25, 0.3) is 0 Å². The van der Waals surface area contributed by atoms with Gasteiger partial charge in [0, 0.05) is 12.1 Å². The Labute approximate surface area is 210 Å². The van der Waals surface area contributed by atoms with Crippen LogP contribution in [0, 0.1) is 11.3 Å². The number of aliphatic hydroxyl groups excluding tert-OH is 1. The molecule has 0 radical (unpaired) electrons. The Morgan fingerprint density at radius 1 is 0.914 bits per heavy atom. The molecule has 0 amide bonds. The van der Waals surface area contributed by atoms with E-state index in [4.69, 9.17) is 18.9 Å². The minimum atomic E-state index is -0.215. The highest BCUT2D eigenvalue weighted by Crippen LogP contribution is 2.41. The van der Waals surface area contributed by atoms with Gasteiger partial charge >= 0.3 is 0 Å². The fraction of sp³-hybridized carbons (Fsp3) is 0.536. The molecule has 1 atom stereocenters. The molecule has 0 spiro atoms. The summed E-state index contributed by atoms with van der Waals surface area (Å²) in [7, 11) is 8.56. The maximum Gasteiger partial charge on any atom is 0.164 e. The van der Waals surface area contributed by atoms with Crippen molar-refractivity contribution in [2.75, 3.05) is 48.6 Å². The van der Waals surface area contributed by atoms with Gasteiger partial charge in [0.2, 0.25) is 0 Å². The first-order valence-corrected chi connectivity index (χ1v) is 12.0. The number of hydrogen-bond acceptors (Lipinski definition) is 7. The van der Waals surface area contributed by atoms with Crippen molar-refractivity contribution in [3.8, 4) is 29.1 Å². The van der Waals surface area contributed by atoms with Crippen LogP contribution in [-0.4, -0.2) is 58.6 Å². The van der Waals surface area contributed by atoms with E-state index in [1.54, 1.807) is 28.4 Å². The third-order valence-corrected chi connectivity index (χ3v) is 6.40. The van der Waals surface area contributed by atoms with Crippen molar-refractivity contribution in [2.45, 2.75) is 51.6 Å². The summed E-state index contributed by atoms with van der Waals surface area (Å²) in [5, 5.41) is 19.7. The van der Waals surface area contributed by atoms with Gasteiger partial charge in [0.15, 0.2) is 23.0 Å². The third-order valence-electron chi connectivity index (χ3n) is 6.40. The summed E-state index contributed by atoms with van der Waals surface area (Å²) in [5.41, 5.74) is 3.94. The maximum atomic E-state index is 9.96. The molecule has 0 bridgehead atoms. The van der Waals surface area contributed by atoms with Gasteiger partial charge in [-0.05, 0) is 73.7 Å². The molecule has 1 unspecified atom stereocenters. The summed E-state index contributed by atoms with van der Waals surface area (Å²) < 4.78 is 21.9. The molecule has 7 heteroatoms. The second-order valence-electron chi connectivity index (χ2n) is 8.97. The molecule has 2 aromatic rings. The van der Waals surface area contributed by atoms with Gasteiger partial charge in [-0.3, -0.25) is 0 Å². The lowest BCUT2D eigenvalue weighted by Crippen LogP contribution is -2.23. The fourth-order valence-corrected chi connectivity index (χ4v) is 4.49. The molecule has 192 valence electrons. The number of nitriles is 1. The summed E-state index contributed by atoms with van der Waals surface area (Å²) in [5.74, 6) is 2.67. The Hall–Kier alpha value is -2.95. The van der Waals surface area contributed by atoms with E-state index in [2.05, 4.69) is 31.9 Å². The molecular weight excluding hydrogens is 444 g/mol. The van der Waals surface area contributed by atoms with E-state index in [1.165, 1.54) is 0 Å². The lowest BCUT2D eigenvalue weighted by atomic mass is 9.86. The van der Waals surface area contributed by atoms with Crippen LogP contribution in [-0.2, 0) is 13.0 Å². The second-order valence-corrected chi connectivity index (χ2v) is 8.97. The molecule has 0 saturated heterocycles. The molecule has 7 nitrogen and oxygen atoms in total. The zero-order valence-electron chi connectivity index (χ0n) is 22.2. The zero-order chi connectivity index (χ0) is 26.0. The highest BCUT2D eigenvalue weighted by molar-refractivity contribution is 5.54. The molecule has 0 fully saturated rings. The van der Waals surface area contributed by atoms with Gasteiger partial charge in [-0.2, -0.15) is 5.26 Å². The summed E-state index contributed by atoms with van der Waals surface area (Å²) in [4.78, 5) is 2.25. The average molecular weight is 485 g/mol. The average Bonchev–Trinajstić information content (AvgIpc) is 2.88. The van der Waals surface area contributed by atoms with Crippen LogP contribution in [0.5, 0.6) is 23.0 Å². The Balaban J connectivity index is 2.04. The summed E-state index contributed by atoms with van der Waals surface area (Å²) in [6.07, 6.45) is 2.43. The van der Waals surface area contributed by atoms with Crippen molar-refractivity contribution in [1.82, 2.24) is 4.90 Å². The lowest BCUT2D eigenvalue weighted by molar-refractivity contribution is 0.277. The molecule has 2 aromatic carbocycles. The zero-order valence-corrected chi connectivity index (χ0v) is 22.2. The van der Waals surface area contributed by atoms with Gasteiger partial charge in [-0.1, -0.05) is 19.9 Å². The van der Waals surface area contributed by atoms with Crippen molar-refractivity contribution in [1.29, 1.82) is 5.26 Å². The minimum Gasteiger partial charge on any atom is -0.493 e.